The highest BCUT2D eigenvalue weighted by Crippen LogP contribution is 2.34. The highest BCUT2D eigenvalue weighted by atomic mass is 32.2. The van der Waals surface area contributed by atoms with Crippen LogP contribution in [0.1, 0.15) is 24.0 Å². The number of benzene rings is 2. The Hall–Kier alpha value is -1.69. The maximum absolute atomic E-state index is 11.4. The van der Waals surface area contributed by atoms with Crippen LogP contribution in [0.3, 0.4) is 0 Å². The number of sulfonamides is 1. The van der Waals surface area contributed by atoms with Gasteiger partial charge in [0.05, 0.1) is 11.9 Å². The maximum Gasteiger partial charge on any atom is 0.208 e. The van der Waals surface area contributed by atoms with Crippen LogP contribution < -0.4 is 4.72 Å². The van der Waals surface area contributed by atoms with Crippen molar-refractivity contribution in [3.8, 4) is 0 Å². The van der Waals surface area contributed by atoms with Crippen LogP contribution >= 0.6 is 0 Å². The summed E-state index contributed by atoms with van der Waals surface area (Å²) in [5.74, 6) is -0.329. The summed E-state index contributed by atoms with van der Waals surface area (Å²) in [5, 5.41) is 10.9. The lowest BCUT2D eigenvalue weighted by Crippen LogP contribution is -2.45. The van der Waals surface area contributed by atoms with Gasteiger partial charge in [-0.05, 0) is 18.1 Å². The zero-order valence-corrected chi connectivity index (χ0v) is 13.5. The Kier molecular flexibility index (Phi) is 5.01. The van der Waals surface area contributed by atoms with Crippen molar-refractivity contribution in [2.45, 2.75) is 18.4 Å². The highest BCUT2D eigenvalue weighted by molar-refractivity contribution is 7.88. The molecule has 1 atom stereocenters. The standard InChI is InChI=1S/C17H21NO3S/c1-17(19,13-18-22(2,20)21)16(14-9-5-3-6-10-14)15-11-7-4-8-12-15/h3-12,16,18-19H,13H2,1-2H3. The molecule has 0 amide bonds. The average molecular weight is 319 g/mol. The molecule has 0 heterocycles. The largest absolute Gasteiger partial charge is 0.388 e. The minimum atomic E-state index is -3.37. The van der Waals surface area contributed by atoms with E-state index >= 15 is 0 Å². The van der Waals surface area contributed by atoms with Gasteiger partial charge in [0.15, 0.2) is 0 Å². The van der Waals surface area contributed by atoms with Crippen LogP contribution in [-0.4, -0.2) is 31.9 Å². The van der Waals surface area contributed by atoms with Crippen molar-refractivity contribution in [1.29, 1.82) is 0 Å². The van der Waals surface area contributed by atoms with Crippen molar-refractivity contribution in [3.63, 3.8) is 0 Å². The second-order valence-electron chi connectivity index (χ2n) is 5.70. The molecule has 1 unspecified atom stereocenters. The fourth-order valence-electron chi connectivity index (χ4n) is 2.58. The summed E-state index contributed by atoms with van der Waals surface area (Å²) in [7, 11) is -3.37. The molecule has 2 aromatic rings. The van der Waals surface area contributed by atoms with E-state index in [4.69, 9.17) is 0 Å². The van der Waals surface area contributed by atoms with Crippen molar-refractivity contribution in [2.24, 2.45) is 0 Å². The van der Waals surface area contributed by atoms with Gasteiger partial charge >= 0.3 is 0 Å². The van der Waals surface area contributed by atoms with Gasteiger partial charge in [0.2, 0.25) is 10.0 Å². The third-order valence-electron chi connectivity index (χ3n) is 3.58. The fraction of sp³-hybridized carbons (Fsp3) is 0.294. The number of nitrogens with one attached hydrogen (secondary N) is 1. The predicted molar refractivity (Wildman–Crippen MR) is 88.2 cm³/mol. The van der Waals surface area contributed by atoms with E-state index in [1.54, 1.807) is 6.92 Å². The van der Waals surface area contributed by atoms with Crippen LogP contribution in [0.4, 0.5) is 0 Å². The quantitative estimate of drug-likeness (QED) is 0.857. The van der Waals surface area contributed by atoms with Crippen molar-refractivity contribution >= 4 is 10.0 Å². The second-order valence-corrected chi connectivity index (χ2v) is 7.54. The predicted octanol–water partition coefficient (Wildman–Crippen LogP) is 2.12. The van der Waals surface area contributed by atoms with Gasteiger partial charge in [-0.25, -0.2) is 13.1 Å². The molecule has 0 aliphatic rings. The molecule has 22 heavy (non-hydrogen) atoms. The number of aliphatic hydroxyl groups is 1. The Bertz CT molecular complexity index is 658. The van der Waals surface area contributed by atoms with Crippen LogP contribution in [0.15, 0.2) is 60.7 Å². The topological polar surface area (TPSA) is 66.4 Å². The Labute approximate surface area is 131 Å². The molecule has 2 aromatic carbocycles. The van der Waals surface area contributed by atoms with E-state index in [0.29, 0.717) is 0 Å². The molecule has 0 bridgehead atoms. The van der Waals surface area contributed by atoms with Crippen molar-refractivity contribution in [1.82, 2.24) is 4.72 Å². The molecular weight excluding hydrogens is 298 g/mol. The second kappa shape index (κ2) is 6.60. The zero-order valence-electron chi connectivity index (χ0n) is 12.7. The van der Waals surface area contributed by atoms with Gasteiger partial charge in [-0.3, -0.25) is 0 Å². The molecule has 0 spiro atoms. The lowest BCUT2D eigenvalue weighted by molar-refractivity contribution is 0.0481. The summed E-state index contributed by atoms with van der Waals surface area (Å²) < 4.78 is 25.1. The van der Waals surface area contributed by atoms with Crippen LogP contribution in [0, 0.1) is 0 Å². The minimum Gasteiger partial charge on any atom is -0.388 e. The Balaban J connectivity index is 2.40. The van der Waals surface area contributed by atoms with E-state index in [0.717, 1.165) is 17.4 Å². The van der Waals surface area contributed by atoms with Crippen molar-refractivity contribution in [3.05, 3.63) is 71.8 Å². The lowest BCUT2D eigenvalue weighted by atomic mass is 9.78. The molecule has 2 N–H and O–H groups in total. The highest BCUT2D eigenvalue weighted by Gasteiger charge is 2.34. The zero-order chi connectivity index (χ0) is 16.2. The average Bonchev–Trinajstić information content (AvgIpc) is 2.47. The molecule has 0 saturated carbocycles. The van der Waals surface area contributed by atoms with Crippen molar-refractivity contribution < 1.29 is 13.5 Å². The maximum atomic E-state index is 11.4. The molecule has 4 nitrogen and oxygen atoms in total. The molecule has 5 heteroatoms. The van der Waals surface area contributed by atoms with Crippen LogP contribution in [-0.2, 0) is 10.0 Å². The first kappa shape index (κ1) is 16.7. The van der Waals surface area contributed by atoms with Crippen LogP contribution in [0.5, 0.6) is 0 Å². The molecular formula is C17H21NO3S. The Morgan fingerprint density at radius 3 is 1.77 bits per heavy atom. The summed E-state index contributed by atoms with van der Waals surface area (Å²) in [5.41, 5.74) is 0.620. The van der Waals surface area contributed by atoms with E-state index < -0.39 is 15.6 Å². The monoisotopic (exact) mass is 319 g/mol. The summed E-state index contributed by atoms with van der Waals surface area (Å²) in [6.45, 7) is 1.59. The molecule has 2 rings (SSSR count). The van der Waals surface area contributed by atoms with E-state index in [-0.39, 0.29) is 12.5 Å². The van der Waals surface area contributed by atoms with Gasteiger partial charge in [0.25, 0.3) is 0 Å². The molecule has 0 fully saturated rings. The first-order chi connectivity index (χ1) is 10.3. The van der Waals surface area contributed by atoms with Crippen LogP contribution in [0.2, 0.25) is 0 Å². The number of hydrogen-bond acceptors (Lipinski definition) is 3. The van der Waals surface area contributed by atoms with E-state index in [9.17, 15) is 13.5 Å². The molecule has 118 valence electrons. The molecule has 0 radical (unpaired) electrons. The summed E-state index contributed by atoms with van der Waals surface area (Å²) in [6, 6.07) is 19.2. The van der Waals surface area contributed by atoms with Gasteiger partial charge in [-0.15, -0.1) is 0 Å². The third-order valence-corrected chi connectivity index (χ3v) is 4.25. The summed E-state index contributed by atoms with van der Waals surface area (Å²) in [4.78, 5) is 0. The summed E-state index contributed by atoms with van der Waals surface area (Å²) >= 11 is 0. The number of hydrogen-bond donors (Lipinski definition) is 2. The minimum absolute atomic E-state index is 0.0553. The van der Waals surface area contributed by atoms with Crippen LogP contribution in [0.25, 0.3) is 0 Å². The first-order valence-electron chi connectivity index (χ1n) is 7.06. The molecule has 0 aliphatic carbocycles. The molecule has 0 aromatic heterocycles. The van der Waals surface area contributed by atoms with E-state index in [2.05, 4.69) is 4.72 Å². The van der Waals surface area contributed by atoms with Gasteiger partial charge in [-0.1, -0.05) is 60.7 Å². The number of rotatable bonds is 6. The van der Waals surface area contributed by atoms with Crippen molar-refractivity contribution in [2.75, 3.05) is 12.8 Å². The molecule has 0 aliphatic heterocycles. The normalized spacial score (nSPS) is 14.7. The Morgan fingerprint density at radius 2 is 1.41 bits per heavy atom. The van der Waals surface area contributed by atoms with Gasteiger partial charge in [0, 0.05) is 12.5 Å². The lowest BCUT2D eigenvalue weighted by Gasteiger charge is -2.34. The van der Waals surface area contributed by atoms with Gasteiger partial charge in [-0.2, -0.15) is 0 Å². The Morgan fingerprint density at radius 1 is 1.00 bits per heavy atom. The summed E-state index contributed by atoms with van der Waals surface area (Å²) in [6.07, 6.45) is 1.09. The van der Waals surface area contributed by atoms with E-state index in [1.807, 2.05) is 60.7 Å². The third kappa shape index (κ3) is 4.40. The SMILES string of the molecule is CC(O)(CNS(C)(=O)=O)C(c1ccccc1)c1ccccc1. The smallest absolute Gasteiger partial charge is 0.208 e. The molecule has 0 saturated heterocycles. The fourth-order valence-corrected chi connectivity index (χ4v) is 3.14. The van der Waals surface area contributed by atoms with Gasteiger partial charge in [0.1, 0.15) is 0 Å². The van der Waals surface area contributed by atoms with E-state index in [1.165, 1.54) is 0 Å². The first-order valence-corrected chi connectivity index (χ1v) is 8.96. The van der Waals surface area contributed by atoms with Gasteiger partial charge < -0.3 is 5.11 Å².